The Hall–Kier alpha value is -2.82. The van der Waals surface area contributed by atoms with Gasteiger partial charge in [-0.3, -0.25) is 4.79 Å². The molecule has 0 heterocycles. The Morgan fingerprint density at radius 1 is 0.960 bits per heavy atom. The maximum atomic E-state index is 13.7. The van der Waals surface area contributed by atoms with Crippen molar-refractivity contribution >= 4 is 17.3 Å². The van der Waals surface area contributed by atoms with Gasteiger partial charge in [-0.15, -0.1) is 0 Å². The van der Waals surface area contributed by atoms with Crippen molar-refractivity contribution in [2.45, 2.75) is 20.3 Å². The summed E-state index contributed by atoms with van der Waals surface area (Å²) in [5, 5.41) is 0. The summed E-state index contributed by atoms with van der Waals surface area (Å²) in [6, 6.07) is 10.2. The molecule has 0 aromatic heterocycles. The van der Waals surface area contributed by atoms with Gasteiger partial charge >= 0.3 is 5.97 Å². The average Bonchev–Trinajstić information content (AvgIpc) is 2.60. The van der Waals surface area contributed by atoms with E-state index in [9.17, 15) is 18.4 Å². The first-order valence-corrected chi connectivity index (χ1v) is 7.67. The fourth-order valence-corrected chi connectivity index (χ4v) is 2.43. The summed E-state index contributed by atoms with van der Waals surface area (Å²) >= 11 is 0. The minimum atomic E-state index is -0.867. The third-order valence-corrected chi connectivity index (χ3v) is 4.05. The van der Waals surface area contributed by atoms with Gasteiger partial charge in [-0.2, -0.15) is 0 Å². The van der Waals surface area contributed by atoms with E-state index in [1.54, 1.807) is 38.1 Å². The minimum Gasteiger partial charge on any atom is -0.466 e. The van der Waals surface area contributed by atoms with Gasteiger partial charge in [-0.1, -0.05) is 30.3 Å². The first kappa shape index (κ1) is 18.5. The molecule has 0 saturated heterocycles. The number of halogens is 2. The van der Waals surface area contributed by atoms with Crippen LogP contribution in [0.2, 0.25) is 0 Å². The van der Waals surface area contributed by atoms with Gasteiger partial charge in [-0.05, 0) is 42.7 Å². The summed E-state index contributed by atoms with van der Waals surface area (Å²) < 4.78 is 32.0. The molecule has 0 aliphatic rings. The van der Waals surface area contributed by atoms with Crippen LogP contribution in [-0.4, -0.2) is 18.9 Å². The van der Waals surface area contributed by atoms with Crippen molar-refractivity contribution in [2.75, 3.05) is 7.11 Å². The zero-order valence-electron chi connectivity index (χ0n) is 14.2. The van der Waals surface area contributed by atoms with E-state index in [1.165, 1.54) is 13.2 Å². The lowest BCUT2D eigenvalue weighted by Gasteiger charge is -2.08. The van der Waals surface area contributed by atoms with Crippen LogP contribution in [0.15, 0.2) is 48.0 Å². The summed E-state index contributed by atoms with van der Waals surface area (Å²) in [6.07, 6.45) is -0.114. The van der Waals surface area contributed by atoms with Crippen LogP contribution in [0.5, 0.6) is 0 Å². The molecule has 0 spiro atoms. The second kappa shape index (κ2) is 7.83. The molecular formula is C20H18F2O3. The first-order chi connectivity index (χ1) is 11.8. The Bertz CT molecular complexity index is 816. The molecule has 0 unspecified atom stereocenters. The van der Waals surface area contributed by atoms with Gasteiger partial charge in [-0.25, -0.2) is 13.6 Å². The fourth-order valence-electron chi connectivity index (χ4n) is 2.43. The minimum absolute atomic E-state index is 0.114. The van der Waals surface area contributed by atoms with Crippen molar-refractivity contribution in [2.24, 2.45) is 0 Å². The lowest BCUT2D eigenvalue weighted by Crippen LogP contribution is -2.09. The van der Waals surface area contributed by atoms with Crippen LogP contribution in [0, 0.1) is 11.6 Å². The molecule has 0 atom stereocenters. The highest BCUT2D eigenvalue weighted by Gasteiger charge is 2.17. The van der Waals surface area contributed by atoms with E-state index in [2.05, 4.69) is 4.74 Å². The predicted molar refractivity (Wildman–Crippen MR) is 91.1 cm³/mol. The number of Topliss-reactive ketones (excluding diaryl/α,β-unsaturated/α-hetero) is 1. The number of ether oxygens (including phenoxy) is 1. The molecule has 5 heteroatoms. The van der Waals surface area contributed by atoms with Crippen LogP contribution in [0.4, 0.5) is 8.78 Å². The van der Waals surface area contributed by atoms with Crippen molar-refractivity contribution in [3.63, 3.8) is 0 Å². The molecule has 0 aliphatic heterocycles. The standard InChI is InChI=1S/C20H18F2O3/c1-12(13(2)20(24)25-3)15-9-7-14(8-10-15)11-18(23)19-16(21)5-4-6-17(19)22/h4-10H,11H2,1-3H3/b13-12+. The van der Waals surface area contributed by atoms with Gasteiger partial charge in [0.05, 0.1) is 12.7 Å². The Kier molecular flexibility index (Phi) is 5.80. The lowest BCUT2D eigenvalue weighted by atomic mass is 9.98. The second-order valence-electron chi connectivity index (χ2n) is 5.64. The Balaban J connectivity index is 2.21. The summed E-state index contributed by atoms with van der Waals surface area (Å²) in [5.41, 5.74) is 2.14. The molecule has 0 radical (unpaired) electrons. The number of carbonyl (C=O) groups is 2. The van der Waals surface area contributed by atoms with E-state index in [0.29, 0.717) is 11.1 Å². The van der Waals surface area contributed by atoms with E-state index in [1.807, 2.05) is 0 Å². The van der Waals surface area contributed by atoms with E-state index in [0.717, 1.165) is 23.3 Å². The molecule has 130 valence electrons. The third-order valence-electron chi connectivity index (χ3n) is 4.05. The largest absolute Gasteiger partial charge is 0.466 e. The monoisotopic (exact) mass is 344 g/mol. The van der Waals surface area contributed by atoms with Gasteiger partial charge in [0, 0.05) is 12.0 Å². The van der Waals surface area contributed by atoms with E-state index >= 15 is 0 Å². The third kappa shape index (κ3) is 4.18. The van der Waals surface area contributed by atoms with Gasteiger partial charge in [0.25, 0.3) is 0 Å². The fraction of sp³-hybridized carbons (Fsp3) is 0.200. The molecule has 0 aliphatic carbocycles. The summed E-state index contributed by atoms with van der Waals surface area (Å²) in [5.74, 6) is -2.77. The van der Waals surface area contributed by atoms with E-state index in [4.69, 9.17) is 0 Å². The van der Waals surface area contributed by atoms with Crippen molar-refractivity contribution in [3.05, 3.63) is 76.4 Å². The molecule has 25 heavy (non-hydrogen) atoms. The Morgan fingerprint density at radius 2 is 1.52 bits per heavy atom. The molecule has 0 fully saturated rings. The number of methoxy groups -OCH3 is 1. The number of hydrogen-bond donors (Lipinski definition) is 0. The van der Waals surface area contributed by atoms with Gasteiger partial charge < -0.3 is 4.74 Å². The maximum Gasteiger partial charge on any atom is 0.333 e. The van der Waals surface area contributed by atoms with E-state index < -0.39 is 29.0 Å². The Labute approximate surface area is 144 Å². The molecular weight excluding hydrogens is 326 g/mol. The number of ketones is 1. The number of rotatable bonds is 5. The summed E-state index contributed by atoms with van der Waals surface area (Å²) in [6.45, 7) is 3.46. The molecule has 0 amide bonds. The van der Waals surface area contributed by atoms with Crippen molar-refractivity contribution < 1.29 is 23.1 Å². The van der Waals surface area contributed by atoms with Crippen LogP contribution >= 0.6 is 0 Å². The molecule has 0 N–H and O–H groups in total. The number of esters is 1. The summed E-state index contributed by atoms with van der Waals surface area (Å²) in [7, 11) is 1.32. The van der Waals surface area contributed by atoms with E-state index in [-0.39, 0.29) is 6.42 Å². The zero-order valence-corrected chi connectivity index (χ0v) is 14.2. The van der Waals surface area contributed by atoms with Crippen LogP contribution < -0.4 is 0 Å². The van der Waals surface area contributed by atoms with Crippen LogP contribution in [-0.2, 0) is 16.0 Å². The van der Waals surface area contributed by atoms with Gasteiger partial charge in [0.1, 0.15) is 11.6 Å². The number of benzene rings is 2. The highest BCUT2D eigenvalue weighted by Crippen LogP contribution is 2.21. The zero-order chi connectivity index (χ0) is 18.6. The SMILES string of the molecule is COC(=O)/C(C)=C(\C)c1ccc(CC(=O)c2c(F)cccc2F)cc1. The highest BCUT2D eigenvalue weighted by atomic mass is 19.1. The number of allylic oxidation sites excluding steroid dienone is 1. The molecule has 0 saturated carbocycles. The van der Waals surface area contributed by atoms with Crippen molar-refractivity contribution in [1.29, 1.82) is 0 Å². The first-order valence-electron chi connectivity index (χ1n) is 7.67. The maximum absolute atomic E-state index is 13.7. The molecule has 3 nitrogen and oxygen atoms in total. The van der Waals surface area contributed by atoms with Crippen LogP contribution in [0.1, 0.15) is 35.3 Å². The predicted octanol–water partition coefficient (Wildman–Crippen LogP) is 4.36. The summed E-state index contributed by atoms with van der Waals surface area (Å²) in [4.78, 5) is 23.7. The molecule has 2 aromatic carbocycles. The second-order valence-corrected chi connectivity index (χ2v) is 5.64. The quantitative estimate of drug-likeness (QED) is 0.460. The smallest absolute Gasteiger partial charge is 0.333 e. The molecule has 2 aromatic rings. The van der Waals surface area contributed by atoms with Crippen molar-refractivity contribution in [1.82, 2.24) is 0 Å². The lowest BCUT2D eigenvalue weighted by molar-refractivity contribution is -0.135. The Morgan fingerprint density at radius 3 is 2.04 bits per heavy atom. The van der Waals surface area contributed by atoms with Crippen molar-refractivity contribution in [3.8, 4) is 0 Å². The normalized spacial score (nSPS) is 11.7. The average molecular weight is 344 g/mol. The highest BCUT2D eigenvalue weighted by molar-refractivity contribution is 5.98. The topological polar surface area (TPSA) is 43.4 Å². The van der Waals surface area contributed by atoms with Gasteiger partial charge in [0.15, 0.2) is 5.78 Å². The molecule has 0 bridgehead atoms. The number of carbonyl (C=O) groups excluding carboxylic acids is 2. The van der Waals surface area contributed by atoms with Crippen LogP contribution in [0.25, 0.3) is 5.57 Å². The number of hydrogen-bond acceptors (Lipinski definition) is 3. The molecule has 2 rings (SSSR count). The van der Waals surface area contributed by atoms with Crippen LogP contribution in [0.3, 0.4) is 0 Å². The van der Waals surface area contributed by atoms with Gasteiger partial charge in [0.2, 0.25) is 0 Å².